The van der Waals surface area contributed by atoms with E-state index in [2.05, 4.69) is 154 Å². The zero-order valence-corrected chi connectivity index (χ0v) is 42.7. The molecule has 0 saturated carbocycles. The lowest BCUT2D eigenvalue weighted by Gasteiger charge is -2.18. The summed E-state index contributed by atoms with van der Waals surface area (Å²) in [5.74, 6) is -0.487. The van der Waals surface area contributed by atoms with Gasteiger partial charge in [0.1, 0.15) is 6.61 Å². The number of rotatable bonds is 47. The minimum Gasteiger partial charge on any atom is -0.462 e. The maximum atomic E-state index is 12.8. The lowest BCUT2D eigenvalue weighted by molar-refractivity contribution is -0.163. The third kappa shape index (κ3) is 52.7. The standard InChI is InChI=1S/C61H98O5/c1-4-7-10-13-16-19-22-25-28-30-31-32-34-36-39-42-45-48-51-54-60(62)65-58-59(57-64-56-53-50-47-44-41-38-35-29-26-23-20-17-14-11-8-5-2)66-61(63)55-52-49-46-43-40-37-33-27-24-21-18-15-12-9-6-3/h8-9,11-12,16-21,25-29,31-33,38,40-41,43,59H,4-7,10,13-15,22-24,30,34-37,39,42,44-58H2,1-3H3/b11-8-,12-9-,19-16-,20-17-,21-18-,28-25-,29-26-,32-31-,33-27-,41-38-,43-40-. The van der Waals surface area contributed by atoms with Crippen molar-refractivity contribution in [3.63, 3.8) is 0 Å². The molecule has 0 aromatic carbocycles. The summed E-state index contributed by atoms with van der Waals surface area (Å²) in [4.78, 5) is 25.4. The second-order valence-corrected chi connectivity index (χ2v) is 17.0. The number of ether oxygens (including phenoxy) is 3. The molecule has 0 amide bonds. The monoisotopic (exact) mass is 911 g/mol. The smallest absolute Gasteiger partial charge is 0.306 e. The van der Waals surface area contributed by atoms with E-state index in [0.29, 0.717) is 19.4 Å². The van der Waals surface area contributed by atoms with E-state index in [4.69, 9.17) is 14.2 Å². The van der Waals surface area contributed by atoms with Gasteiger partial charge in [-0.15, -0.1) is 0 Å². The van der Waals surface area contributed by atoms with Gasteiger partial charge in [-0.3, -0.25) is 9.59 Å². The lowest BCUT2D eigenvalue weighted by Crippen LogP contribution is -2.30. The minimum absolute atomic E-state index is 0.0395. The van der Waals surface area contributed by atoms with Gasteiger partial charge >= 0.3 is 11.9 Å². The molecule has 0 fully saturated rings. The van der Waals surface area contributed by atoms with Crippen LogP contribution < -0.4 is 0 Å². The van der Waals surface area contributed by atoms with Gasteiger partial charge in [-0.1, -0.05) is 199 Å². The molecular formula is C61H98O5. The molecule has 0 bridgehead atoms. The van der Waals surface area contributed by atoms with Crippen molar-refractivity contribution < 1.29 is 23.8 Å². The summed E-state index contributed by atoms with van der Waals surface area (Å²) in [6.45, 7) is 7.42. The van der Waals surface area contributed by atoms with Crippen LogP contribution in [0.25, 0.3) is 0 Å². The Bertz CT molecular complexity index is 1400. The highest BCUT2D eigenvalue weighted by molar-refractivity contribution is 5.70. The first-order valence-electron chi connectivity index (χ1n) is 26.7. The molecule has 0 aromatic rings. The Morgan fingerprint density at radius 3 is 1.12 bits per heavy atom. The van der Waals surface area contributed by atoms with Crippen molar-refractivity contribution in [2.45, 2.75) is 219 Å². The zero-order valence-electron chi connectivity index (χ0n) is 42.7. The number of hydrogen-bond acceptors (Lipinski definition) is 5. The highest BCUT2D eigenvalue weighted by Crippen LogP contribution is 2.12. The van der Waals surface area contributed by atoms with Crippen LogP contribution in [0.4, 0.5) is 0 Å². The molecular weight excluding hydrogens is 813 g/mol. The summed E-state index contributed by atoms with van der Waals surface area (Å²) in [6.07, 6.45) is 78.9. The summed E-state index contributed by atoms with van der Waals surface area (Å²) in [5, 5.41) is 0. The van der Waals surface area contributed by atoms with Crippen molar-refractivity contribution in [2.75, 3.05) is 19.8 Å². The van der Waals surface area contributed by atoms with Crippen molar-refractivity contribution in [1.29, 1.82) is 0 Å². The topological polar surface area (TPSA) is 61.8 Å². The predicted octanol–water partition coefficient (Wildman–Crippen LogP) is 18.3. The van der Waals surface area contributed by atoms with Crippen molar-refractivity contribution in [2.24, 2.45) is 0 Å². The van der Waals surface area contributed by atoms with Crippen LogP contribution in [0.5, 0.6) is 0 Å². The maximum Gasteiger partial charge on any atom is 0.306 e. The Morgan fingerprint density at radius 2 is 0.682 bits per heavy atom. The van der Waals surface area contributed by atoms with E-state index >= 15 is 0 Å². The number of esters is 2. The van der Waals surface area contributed by atoms with Crippen molar-refractivity contribution in [1.82, 2.24) is 0 Å². The molecule has 1 unspecified atom stereocenters. The van der Waals surface area contributed by atoms with Crippen molar-refractivity contribution in [3.05, 3.63) is 134 Å². The number of unbranched alkanes of at least 4 members (excludes halogenated alkanes) is 14. The maximum absolute atomic E-state index is 12.8. The van der Waals surface area contributed by atoms with E-state index in [-0.39, 0.29) is 25.2 Å². The Balaban J connectivity index is 4.44. The van der Waals surface area contributed by atoms with Crippen LogP contribution in [0, 0.1) is 0 Å². The third-order valence-corrected chi connectivity index (χ3v) is 10.7. The molecule has 0 aliphatic carbocycles. The van der Waals surface area contributed by atoms with E-state index in [1.165, 1.54) is 44.9 Å². The molecule has 0 radical (unpaired) electrons. The summed E-state index contributed by atoms with van der Waals surface area (Å²) in [6, 6.07) is 0. The van der Waals surface area contributed by atoms with E-state index in [1.807, 2.05) is 0 Å². The summed E-state index contributed by atoms with van der Waals surface area (Å²) in [5.41, 5.74) is 0. The molecule has 0 aliphatic rings. The number of carbonyl (C=O) groups is 2. The highest BCUT2D eigenvalue weighted by Gasteiger charge is 2.17. The molecule has 0 saturated heterocycles. The summed E-state index contributed by atoms with van der Waals surface area (Å²) in [7, 11) is 0. The van der Waals surface area contributed by atoms with Crippen LogP contribution >= 0.6 is 0 Å². The highest BCUT2D eigenvalue weighted by atomic mass is 16.6. The number of hydrogen-bond donors (Lipinski definition) is 0. The van der Waals surface area contributed by atoms with Crippen LogP contribution in [0.2, 0.25) is 0 Å². The van der Waals surface area contributed by atoms with Crippen molar-refractivity contribution in [3.8, 4) is 0 Å². The van der Waals surface area contributed by atoms with Gasteiger partial charge in [0.15, 0.2) is 6.10 Å². The molecule has 5 heteroatoms. The first kappa shape index (κ1) is 62.0. The SMILES string of the molecule is CC/C=C\C/C=C\C/C=C\C/C=C\CCCCCOCC(COC(=O)CCCCCCCC/C=C\C/C=C\C/C=C\CCCCC)OC(=O)CCCC/C=C\C/C=C\C/C=C\C/C=C\CC. The third-order valence-electron chi connectivity index (χ3n) is 10.7. The van der Waals surface area contributed by atoms with Crippen LogP contribution in [0.1, 0.15) is 213 Å². The molecule has 0 aromatic heterocycles. The normalized spacial score (nSPS) is 13.3. The van der Waals surface area contributed by atoms with Gasteiger partial charge in [0.05, 0.1) is 6.61 Å². The van der Waals surface area contributed by atoms with Crippen LogP contribution in [0.3, 0.4) is 0 Å². The van der Waals surface area contributed by atoms with Gasteiger partial charge in [0.2, 0.25) is 0 Å². The second-order valence-electron chi connectivity index (χ2n) is 17.0. The average Bonchev–Trinajstić information content (AvgIpc) is 3.32. The molecule has 0 N–H and O–H groups in total. The minimum atomic E-state index is -0.590. The van der Waals surface area contributed by atoms with E-state index in [0.717, 1.165) is 135 Å². The van der Waals surface area contributed by atoms with Crippen LogP contribution in [-0.2, 0) is 23.8 Å². The van der Waals surface area contributed by atoms with E-state index < -0.39 is 6.10 Å². The quantitative estimate of drug-likeness (QED) is 0.0346. The van der Waals surface area contributed by atoms with Gasteiger partial charge in [-0.05, 0) is 135 Å². The zero-order chi connectivity index (χ0) is 47.7. The number of carbonyl (C=O) groups excluding carboxylic acids is 2. The largest absolute Gasteiger partial charge is 0.462 e. The molecule has 0 spiro atoms. The van der Waals surface area contributed by atoms with Crippen LogP contribution in [0.15, 0.2) is 134 Å². The summed E-state index contributed by atoms with van der Waals surface area (Å²) >= 11 is 0. The van der Waals surface area contributed by atoms with Crippen molar-refractivity contribution >= 4 is 11.9 Å². The lowest BCUT2D eigenvalue weighted by atomic mass is 10.1. The first-order chi connectivity index (χ1) is 32.6. The Hall–Kier alpha value is -3.96. The predicted molar refractivity (Wildman–Crippen MR) is 288 cm³/mol. The molecule has 0 heterocycles. The molecule has 372 valence electrons. The van der Waals surface area contributed by atoms with Gasteiger partial charge in [-0.25, -0.2) is 0 Å². The Labute approximate surface area is 407 Å². The second kappa shape index (κ2) is 55.4. The van der Waals surface area contributed by atoms with E-state index in [9.17, 15) is 9.59 Å². The van der Waals surface area contributed by atoms with E-state index in [1.54, 1.807) is 0 Å². The Kier molecular flexibility index (Phi) is 52.0. The fourth-order valence-electron chi connectivity index (χ4n) is 6.73. The summed E-state index contributed by atoms with van der Waals surface area (Å²) < 4.78 is 17.3. The Morgan fingerprint density at radius 1 is 0.348 bits per heavy atom. The van der Waals surface area contributed by atoms with Gasteiger partial charge in [-0.2, -0.15) is 0 Å². The average molecular weight is 911 g/mol. The van der Waals surface area contributed by atoms with Gasteiger partial charge in [0, 0.05) is 19.4 Å². The fourth-order valence-corrected chi connectivity index (χ4v) is 6.73. The molecule has 5 nitrogen and oxygen atoms in total. The first-order valence-corrected chi connectivity index (χ1v) is 26.7. The fraction of sp³-hybridized carbons (Fsp3) is 0.607. The van der Waals surface area contributed by atoms with Crippen LogP contribution in [-0.4, -0.2) is 37.9 Å². The van der Waals surface area contributed by atoms with Gasteiger partial charge < -0.3 is 14.2 Å². The number of allylic oxidation sites excluding steroid dienone is 22. The van der Waals surface area contributed by atoms with Gasteiger partial charge in [0.25, 0.3) is 0 Å². The molecule has 1 atom stereocenters. The molecule has 0 aliphatic heterocycles. The molecule has 0 rings (SSSR count). The molecule has 66 heavy (non-hydrogen) atoms.